The van der Waals surface area contributed by atoms with Crippen molar-refractivity contribution in [3.8, 4) is 0 Å². The van der Waals surface area contributed by atoms with Crippen LogP contribution in [0.4, 0.5) is 0 Å². The lowest BCUT2D eigenvalue weighted by Gasteiger charge is -2.26. The first-order valence-electron chi connectivity index (χ1n) is 4.79. The molecule has 4 nitrogen and oxygen atoms in total. The van der Waals surface area contributed by atoms with Crippen molar-refractivity contribution in [2.45, 2.75) is 44.7 Å². The van der Waals surface area contributed by atoms with E-state index in [1.807, 2.05) is 0 Å². The normalized spacial score (nSPS) is 30.3. The molecule has 1 aliphatic carbocycles. The van der Waals surface area contributed by atoms with Gasteiger partial charge in [0.25, 0.3) is 0 Å². The van der Waals surface area contributed by atoms with Crippen molar-refractivity contribution in [2.24, 2.45) is 5.73 Å². The third kappa shape index (κ3) is 3.62. The molecule has 1 fully saturated rings. The Morgan fingerprint density at radius 3 is 2.31 bits per heavy atom. The van der Waals surface area contributed by atoms with Crippen molar-refractivity contribution < 1.29 is 8.42 Å². The number of nitrogens with two attached hydrogens (primary N) is 1. The monoisotopic (exact) mass is 206 g/mol. The largest absolute Gasteiger partial charge is 0.328 e. The van der Waals surface area contributed by atoms with Crippen LogP contribution in [0.3, 0.4) is 0 Å². The average molecular weight is 206 g/mol. The fourth-order valence-corrected chi connectivity index (χ4v) is 2.48. The molecule has 0 radical (unpaired) electrons. The van der Waals surface area contributed by atoms with Crippen LogP contribution in [0.1, 0.15) is 32.6 Å². The second-order valence-corrected chi connectivity index (χ2v) is 5.68. The molecule has 0 spiro atoms. The third-order valence-electron chi connectivity index (χ3n) is 2.50. The minimum Gasteiger partial charge on any atom is -0.328 e. The summed E-state index contributed by atoms with van der Waals surface area (Å²) >= 11 is 0. The molecular formula is C8H18N2O2S. The molecule has 0 amide bonds. The molecule has 0 aromatic carbocycles. The lowest BCUT2D eigenvalue weighted by Crippen LogP contribution is -2.40. The maximum Gasteiger partial charge on any atom is 0.211 e. The molecule has 1 aliphatic rings. The number of hydrogen-bond acceptors (Lipinski definition) is 3. The number of nitrogens with one attached hydrogen (secondary N) is 1. The molecule has 13 heavy (non-hydrogen) atoms. The van der Waals surface area contributed by atoms with E-state index in [1.165, 1.54) is 0 Å². The van der Waals surface area contributed by atoms with Gasteiger partial charge < -0.3 is 5.73 Å². The number of hydrogen-bond donors (Lipinski definition) is 2. The third-order valence-corrected chi connectivity index (χ3v) is 3.95. The molecule has 1 saturated carbocycles. The molecule has 0 bridgehead atoms. The van der Waals surface area contributed by atoms with Crippen LogP contribution in [0, 0.1) is 0 Å². The van der Waals surface area contributed by atoms with Gasteiger partial charge in [-0.25, -0.2) is 13.1 Å². The Morgan fingerprint density at radius 1 is 1.31 bits per heavy atom. The predicted molar refractivity (Wildman–Crippen MR) is 52.8 cm³/mol. The Hall–Kier alpha value is -0.130. The fraction of sp³-hybridized carbons (Fsp3) is 1.00. The summed E-state index contributed by atoms with van der Waals surface area (Å²) in [5, 5.41) is 0. The smallest absolute Gasteiger partial charge is 0.211 e. The summed E-state index contributed by atoms with van der Waals surface area (Å²) in [6.07, 6.45) is 3.61. The summed E-state index contributed by atoms with van der Waals surface area (Å²) in [7, 11) is -3.03. The van der Waals surface area contributed by atoms with Gasteiger partial charge in [-0.3, -0.25) is 0 Å². The van der Waals surface area contributed by atoms with Crippen LogP contribution >= 0.6 is 0 Å². The molecule has 0 unspecified atom stereocenters. The number of rotatable bonds is 3. The maximum atomic E-state index is 11.2. The van der Waals surface area contributed by atoms with Crippen LogP contribution in [0.2, 0.25) is 0 Å². The maximum absolute atomic E-state index is 11.2. The first kappa shape index (κ1) is 10.9. The van der Waals surface area contributed by atoms with Gasteiger partial charge in [0, 0.05) is 12.1 Å². The average Bonchev–Trinajstić information content (AvgIpc) is 2.09. The zero-order valence-electron chi connectivity index (χ0n) is 7.99. The quantitative estimate of drug-likeness (QED) is 0.692. The van der Waals surface area contributed by atoms with Crippen LogP contribution in [-0.2, 0) is 10.0 Å². The first-order chi connectivity index (χ1) is 6.03. The molecule has 3 N–H and O–H groups in total. The fourth-order valence-electron chi connectivity index (χ4n) is 1.57. The van der Waals surface area contributed by atoms with Gasteiger partial charge in [0.05, 0.1) is 5.75 Å². The van der Waals surface area contributed by atoms with Crippen LogP contribution in [0.5, 0.6) is 0 Å². The molecule has 5 heteroatoms. The molecule has 0 aromatic rings. The minimum atomic E-state index is -3.03. The van der Waals surface area contributed by atoms with Crippen molar-refractivity contribution >= 4 is 10.0 Å². The van der Waals surface area contributed by atoms with Crippen LogP contribution in [0.25, 0.3) is 0 Å². The number of sulfonamides is 1. The summed E-state index contributed by atoms with van der Waals surface area (Å²) in [4.78, 5) is 0. The van der Waals surface area contributed by atoms with Gasteiger partial charge in [-0.15, -0.1) is 0 Å². The summed E-state index contributed by atoms with van der Waals surface area (Å²) < 4.78 is 25.1. The summed E-state index contributed by atoms with van der Waals surface area (Å²) in [6, 6.07) is 0.382. The Balaban J connectivity index is 2.39. The Labute approximate surface area is 79.9 Å². The van der Waals surface area contributed by atoms with Gasteiger partial charge in [-0.2, -0.15) is 0 Å². The summed E-state index contributed by atoms with van der Waals surface area (Å²) in [5.74, 6) is 0.162. The van der Waals surface area contributed by atoms with Gasteiger partial charge in [0.1, 0.15) is 0 Å². The summed E-state index contributed by atoms with van der Waals surface area (Å²) in [5.41, 5.74) is 5.72. The zero-order chi connectivity index (χ0) is 9.90. The van der Waals surface area contributed by atoms with Gasteiger partial charge in [-0.1, -0.05) is 0 Å². The van der Waals surface area contributed by atoms with Crippen molar-refractivity contribution in [2.75, 3.05) is 5.75 Å². The van der Waals surface area contributed by atoms with Crippen LogP contribution < -0.4 is 10.5 Å². The Morgan fingerprint density at radius 2 is 1.85 bits per heavy atom. The second-order valence-electron chi connectivity index (χ2n) is 3.63. The lowest BCUT2D eigenvalue weighted by molar-refractivity contribution is 0.373. The van der Waals surface area contributed by atoms with E-state index in [2.05, 4.69) is 4.72 Å². The van der Waals surface area contributed by atoms with Crippen molar-refractivity contribution in [1.82, 2.24) is 4.72 Å². The van der Waals surface area contributed by atoms with Crippen LogP contribution in [-0.4, -0.2) is 26.3 Å². The molecule has 0 aromatic heterocycles. The summed E-state index contributed by atoms with van der Waals surface area (Å²) in [6.45, 7) is 1.65. The van der Waals surface area contributed by atoms with E-state index in [0.717, 1.165) is 25.7 Å². The van der Waals surface area contributed by atoms with Crippen molar-refractivity contribution in [3.05, 3.63) is 0 Å². The molecule has 0 heterocycles. The highest BCUT2D eigenvalue weighted by molar-refractivity contribution is 7.89. The topological polar surface area (TPSA) is 72.2 Å². The van der Waals surface area contributed by atoms with E-state index < -0.39 is 10.0 Å². The van der Waals surface area contributed by atoms with Crippen molar-refractivity contribution in [1.29, 1.82) is 0 Å². The minimum absolute atomic E-state index is 0.116. The molecule has 0 saturated heterocycles. The second kappa shape index (κ2) is 4.39. The Bertz CT molecular complexity index is 243. The Kier molecular flexibility index (Phi) is 3.70. The molecular weight excluding hydrogens is 188 g/mol. The van der Waals surface area contributed by atoms with E-state index in [-0.39, 0.29) is 17.8 Å². The van der Waals surface area contributed by atoms with Crippen LogP contribution in [0.15, 0.2) is 0 Å². The highest BCUT2D eigenvalue weighted by Gasteiger charge is 2.21. The van der Waals surface area contributed by atoms with E-state index in [9.17, 15) is 8.42 Å². The highest BCUT2D eigenvalue weighted by Crippen LogP contribution is 2.17. The van der Waals surface area contributed by atoms with E-state index in [1.54, 1.807) is 6.92 Å². The molecule has 0 aliphatic heterocycles. The SMILES string of the molecule is CCS(=O)(=O)N[C@H]1CC[C@H](N)CC1. The van der Waals surface area contributed by atoms with Crippen molar-refractivity contribution in [3.63, 3.8) is 0 Å². The lowest BCUT2D eigenvalue weighted by atomic mass is 9.93. The highest BCUT2D eigenvalue weighted by atomic mass is 32.2. The molecule has 1 rings (SSSR count). The van der Waals surface area contributed by atoms with Gasteiger partial charge >= 0.3 is 0 Å². The van der Waals surface area contributed by atoms with E-state index >= 15 is 0 Å². The van der Waals surface area contributed by atoms with Gasteiger partial charge in [0.15, 0.2) is 0 Å². The first-order valence-corrected chi connectivity index (χ1v) is 6.44. The van der Waals surface area contributed by atoms with Gasteiger partial charge in [0.2, 0.25) is 10.0 Å². The standard InChI is InChI=1S/C8H18N2O2S/c1-2-13(11,12)10-8-5-3-7(9)4-6-8/h7-8,10H,2-6,9H2,1H3/t7-,8-. The van der Waals surface area contributed by atoms with E-state index in [4.69, 9.17) is 5.73 Å². The van der Waals surface area contributed by atoms with E-state index in [0.29, 0.717) is 0 Å². The molecule has 78 valence electrons. The predicted octanol–water partition coefficient (Wildman–Crippen LogP) is 0.196. The van der Waals surface area contributed by atoms with Gasteiger partial charge in [-0.05, 0) is 32.6 Å². The zero-order valence-corrected chi connectivity index (χ0v) is 8.81. The molecule has 0 atom stereocenters.